The molecule has 1 aromatic heterocycles. The van der Waals surface area contributed by atoms with E-state index in [1.807, 2.05) is 30.3 Å². The maximum absolute atomic E-state index is 11.5. The summed E-state index contributed by atoms with van der Waals surface area (Å²) in [7, 11) is 0. The summed E-state index contributed by atoms with van der Waals surface area (Å²) in [6.45, 7) is 2.54. The van der Waals surface area contributed by atoms with E-state index in [0.29, 0.717) is 41.6 Å². The third-order valence-electron chi connectivity index (χ3n) is 3.14. The highest BCUT2D eigenvalue weighted by molar-refractivity contribution is 9.10. The summed E-state index contributed by atoms with van der Waals surface area (Å²) in [6, 6.07) is 11.0. The molecule has 2 aromatic rings. The zero-order valence-electron chi connectivity index (χ0n) is 12.7. The number of hydrogen-bond donors (Lipinski definition) is 0. The Balaban J connectivity index is 2.04. The van der Waals surface area contributed by atoms with E-state index in [4.69, 9.17) is 21.1 Å². The van der Waals surface area contributed by atoms with Crippen LogP contribution in [-0.4, -0.2) is 17.6 Å². The number of esters is 1. The highest BCUT2D eigenvalue weighted by Crippen LogP contribution is 2.20. The Kier molecular flexibility index (Phi) is 6.86. The molecule has 0 amide bonds. The van der Waals surface area contributed by atoms with Crippen LogP contribution in [0.4, 0.5) is 0 Å². The minimum atomic E-state index is -0.215. The minimum Gasteiger partial charge on any atom is -0.473 e. The Morgan fingerprint density at radius 3 is 2.83 bits per heavy atom. The predicted molar refractivity (Wildman–Crippen MR) is 92.7 cm³/mol. The zero-order valence-corrected chi connectivity index (χ0v) is 15.1. The van der Waals surface area contributed by atoms with E-state index < -0.39 is 0 Å². The average molecular weight is 399 g/mol. The van der Waals surface area contributed by atoms with E-state index in [1.54, 1.807) is 13.0 Å². The quantitative estimate of drug-likeness (QED) is 0.506. The summed E-state index contributed by atoms with van der Waals surface area (Å²) in [5.41, 5.74) is 1.95. The number of pyridine rings is 1. The minimum absolute atomic E-state index is 0.215. The van der Waals surface area contributed by atoms with Crippen molar-refractivity contribution in [2.24, 2.45) is 0 Å². The number of benzene rings is 1. The number of carbonyl (C=O) groups excluding carboxylic acids is 1. The summed E-state index contributed by atoms with van der Waals surface area (Å²) in [5, 5.41) is 0.633. The van der Waals surface area contributed by atoms with Crippen molar-refractivity contribution < 1.29 is 14.3 Å². The van der Waals surface area contributed by atoms with Crippen molar-refractivity contribution in [1.82, 2.24) is 4.98 Å². The highest BCUT2D eigenvalue weighted by atomic mass is 79.9. The van der Waals surface area contributed by atoms with Crippen molar-refractivity contribution in [3.05, 3.63) is 57.2 Å². The lowest BCUT2D eigenvalue weighted by Crippen LogP contribution is -2.07. The van der Waals surface area contributed by atoms with Crippen LogP contribution in [0.15, 0.2) is 41.0 Å². The SMILES string of the molecule is CCOC(=O)CCc1cc(Cl)ccc1COc1cccc(Br)n1. The third-order valence-corrected chi connectivity index (χ3v) is 3.81. The number of carbonyl (C=O) groups is 1. The lowest BCUT2D eigenvalue weighted by atomic mass is 10.0. The fourth-order valence-electron chi connectivity index (χ4n) is 2.06. The van der Waals surface area contributed by atoms with Crippen molar-refractivity contribution >= 4 is 33.5 Å². The van der Waals surface area contributed by atoms with Crippen LogP contribution in [0, 0.1) is 0 Å². The molecule has 0 radical (unpaired) electrons. The van der Waals surface area contributed by atoms with Gasteiger partial charge in [0.2, 0.25) is 5.88 Å². The van der Waals surface area contributed by atoms with Gasteiger partial charge < -0.3 is 9.47 Å². The van der Waals surface area contributed by atoms with E-state index >= 15 is 0 Å². The predicted octanol–water partition coefficient (Wildman–Crippen LogP) is 4.57. The van der Waals surface area contributed by atoms with E-state index in [2.05, 4.69) is 20.9 Å². The molecule has 6 heteroatoms. The van der Waals surface area contributed by atoms with Gasteiger partial charge >= 0.3 is 5.97 Å². The van der Waals surface area contributed by atoms with E-state index in [-0.39, 0.29) is 5.97 Å². The van der Waals surface area contributed by atoms with Crippen LogP contribution in [0.25, 0.3) is 0 Å². The molecule has 0 spiro atoms. The van der Waals surface area contributed by atoms with Crippen LogP contribution in [0.5, 0.6) is 5.88 Å². The number of hydrogen-bond acceptors (Lipinski definition) is 4. The molecule has 0 saturated heterocycles. The first kappa shape index (κ1) is 17.8. The van der Waals surface area contributed by atoms with Crippen LogP contribution >= 0.6 is 27.5 Å². The molecular formula is C17H17BrClNO3. The van der Waals surface area contributed by atoms with Gasteiger partial charge in [0, 0.05) is 17.5 Å². The van der Waals surface area contributed by atoms with E-state index in [9.17, 15) is 4.79 Å². The van der Waals surface area contributed by atoms with Gasteiger partial charge in [-0.2, -0.15) is 0 Å². The average Bonchev–Trinajstić information content (AvgIpc) is 2.52. The molecule has 0 unspecified atom stereocenters. The second-order valence-electron chi connectivity index (χ2n) is 4.81. The monoisotopic (exact) mass is 397 g/mol. The second kappa shape index (κ2) is 8.89. The Hall–Kier alpha value is -1.59. The normalized spacial score (nSPS) is 10.4. The Bertz CT molecular complexity index is 679. The van der Waals surface area contributed by atoms with Gasteiger partial charge in [0.15, 0.2) is 0 Å². The van der Waals surface area contributed by atoms with Gasteiger partial charge in [-0.15, -0.1) is 0 Å². The topological polar surface area (TPSA) is 48.4 Å². The lowest BCUT2D eigenvalue weighted by molar-refractivity contribution is -0.143. The molecule has 23 heavy (non-hydrogen) atoms. The Labute approximate surface area is 148 Å². The summed E-state index contributed by atoms with van der Waals surface area (Å²) in [5.74, 6) is 0.318. The van der Waals surface area contributed by atoms with Gasteiger partial charge in [-0.3, -0.25) is 4.79 Å². The molecular weight excluding hydrogens is 382 g/mol. The van der Waals surface area contributed by atoms with Crippen LogP contribution in [0.1, 0.15) is 24.5 Å². The summed E-state index contributed by atoms with van der Waals surface area (Å²) < 4.78 is 11.4. The van der Waals surface area contributed by atoms with Crippen LogP contribution in [0.2, 0.25) is 5.02 Å². The molecule has 0 aliphatic rings. The van der Waals surface area contributed by atoms with Crippen LogP contribution in [-0.2, 0) is 22.6 Å². The smallest absolute Gasteiger partial charge is 0.306 e. The fourth-order valence-corrected chi connectivity index (χ4v) is 2.58. The van der Waals surface area contributed by atoms with E-state index in [1.165, 1.54) is 0 Å². The molecule has 0 aliphatic carbocycles. The zero-order chi connectivity index (χ0) is 16.7. The van der Waals surface area contributed by atoms with Crippen molar-refractivity contribution in [2.45, 2.75) is 26.4 Å². The Morgan fingerprint density at radius 1 is 1.26 bits per heavy atom. The standard InChI is InChI=1S/C17H17BrClNO3/c1-2-22-17(21)9-7-12-10-14(19)8-6-13(12)11-23-16-5-3-4-15(18)20-16/h3-6,8,10H,2,7,9,11H2,1H3. The lowest BCUT2D eigenvalue weighted by Gasteiger charge is -2.11. The molecule has 0 fully saturated rings. The van der Waals surface area contributed by atoms with Gasteiger partial charge in [-0.25, -0.2) is 4.98 Å². The van der Waals surface area contributed by atoms with E-state index in [0.717, 1.165) is 11.1 Å². The van der Waals surface area contributed by atoms with Crippen molar-refractivity contribution in [3.63, 3.8) is 0 Å². The highest BCUT2D eigenvalue weighted by Gasteiger charge is 2.09. The van der Waals surface area contributed by atoms with Gasteiger partial charge in [-0.05, 0) is 58.6 Å². The van der Waals surface area contributed by atoms with Crippen molar-refractivity contribution in [3.8, 4) is 5.88 Å². The summed E-state index contributed by atoms with van der Waals surface area (Å²) in [4.78, 5) is 15.8. The molecule has 2 rings (SSSR count). The first-order chi connectivity index (χ1) is 11.1. The second-order valence-corrected chi connectivity index (χ2v) is 6.05. The maximum Gasteiger partial charge on any atom is 0.306 e. The number of aromatic nitrogens is 1. The summed E-state index contributed by atoms with van der Waals surface area (Å²) >= 11 is 9.36. The first-order valence-corrected chi connectivity index (χ1v) is 8.44. The first-order valence-electron chi connectivity index (χ1n) is 7.26. The van der Waals surface area contributed by atoms with Crippen molar-refractivity contribution in [2.75, 3.05) is 6.61 Å². The summed E-state index contributed by atoms with van der Waals surface area (Å²) in [6.07, 6.45) is 0.875. The van der Waals surface area contributed by atoms with Gasteiger partial charge in [0.05, 0.1) is 6.61 Å². The molecule has 0 bridgehead atoms. The Morgan fingerprint density at radius 2 is 2.09 bits per heavy atom. The fraction of sp³-hybridized carbons (Fsp3) is 0.294. The molecule has 0 saturated carbocycles. The van der Waals surface area contributed by atoms with Crippen molar-refractivity contribution in [1.29, 1.82) is 0 Å². The number of nitrogens with zero attached hydrogens (tertiary/aromatic N) is 1. The largest absolute Gasteiger partial charge is 0.473 e. The molecule has 0 aliphatic heterocycles. The van der Waals surface area contributed by atoms with Gasteiger partial charge in [-0.1, -0.05) is 23.7 Å². The van der Waals surface area contributed by atoms with Crippen LogP contribution in [0.3, 0.4) is 0 Å². The number of ether oxygens (including phenoxy) is 2. The number of rotatable bonds is 7. The molecule has 4 nitrogen and oxygen atoms in total. The van der Waals surface area contributed by atoms with Crippen LogP contribution < -0.4 is 4.74 Å². The number of halogens is 2. The number of aryl methyl sites for hydroxylation is 1. The van der Waals surface area contributed by atoms with Gasteiger partial charge in [0.25, 0.3) is 0 Å². The molecule has 122 valence electrons. The molecule has 1 aromatic carbocycles. The molecule has 0 N–H and O–H groups in total. The third kappa shape index (κ3) is 5.84. The molecule has 0 atom stereocenters. The molecule has 1 heterocycles. The van der Waals surface area contributed by atoms with Gasteiger partial charge in [0.1, 0.15) is 11.2 Å². The maximum atomic E-state index is 11.5.